The molecule has 2 heterocycles. The number of amides is 1. The molecule has 3 aromatic rings. The lowest BCUT2D eigenvalue weighted by molar-refractivity contribution is -0.130. The number of fused-ring (bicyclic) bond motifs is 4. The standard InChI is InChI=1S/C27H26FN3O3S/c1-15-5-11-21(16(2)13-15)29-25(32)23-24-20-14-19(33-4)10-12-22(20)34-27(23,3)31(26(35)30-24)18-8-6-17(28)7-9-18/h5-14,23-24H,1-4H3,(H,29,32)(H,30,35). The highest BCUT2D eigenvalue weighted by molar-refractivity contribution is 7.80. The molecule has 3 unspecified atom stereocenters. The van der Waals surface area contributed by atoms with Gasteiger partial charge in [-0.15, -0.1) is 0 Å². The quantitative estimate of drug-likeness (QED) is 0.486. The number of benzene rings is 3. The van der Waals surface area contributed by atoms with Crippen LogP contribution in [-0.4, -0.2) is 23.9 Å². The Morgan fingerprint density at radius 1 is 1.14 bits per heavy atom. The summed E-state index contributed by atoms with van der Waals surface area (Å²) < 4.78 is 25.7. The van der Waals surface area contributed by atoms with E-state index in [-0.39, 0.29) is 11.7 Å². The van der Waals surface area contributed by atoms with Crippen molar-refractivity contribution in [3.8, 4) is 11.5 Å². The van der Waals surface area contributed by atoms with Crippen LogP contribution in [0.4, 0.5) is 15.8 Å². The number of methoxy groups -OCH3 is 1. The van der Waals surface area contributed by atoms with Gasteiger partial charge in [-0.05, 0) is 87.1 Å². The van der Waals surface area contributed by atoms with Gasteiger partial charge in [-0.25, -0.2) is 4.39 Å². The number of carbonyl (C=O) groups excluding carboxylic acids is 1. The van der Waals surface area contributed by atoms with Crippen molar-refractivity contribution >= 4 is 34.6 Å². The maximum atomic E-state index is 13.9. The number of carbonyl (C=O) groups is 1. The number of nitrogens with one attached hydrogen (secondary N) is 2. The van der Waals surface area contributed by atoms with E-state index < -0.39 is 17.7 Å². The smallest absolute Gasteiger partial charge is 0.236 e. The highest BCUT2D eigenvalue weighted by Crippen LogP contribution is 2.50. The van der Waals surface area contributed by atoms with Gasteiger partial charge in [0.15, 0.2) is 10.8 Å². The van der Waals surface area contributed by atoms with Crippen molar-refractivity contribution in [1.82, 2.24) is 5.32 Å². The number of aryl methyl sites for hydroxylation is 2. The van der Waals surface area contributed by atoms with Crippen molar-refractivity contribution in [2.45, 2.75) is 32.5 Å². The summed E-state index contributed by atoms with van der Waals surface area (Å²) in [6, 6.07) is 16.9. The largest absolute Gasteiger partial charge is 0.497 e. The number of ether oxygens (including phenoxy) is 2. The summed E-state index contributed by atoms with van der Waals surface area (Å²) in [7, 11) is 1.59. The van der Waals surface area contributed by atoms with Gasteiger partial charge in [0.2, 0.25) is 5.91 Å². The fraction of sp³-hybridized carbons (Fsp3) is 0.259. The number of hydrogen-bond donors (Lipinski definition) is 2. The van der Waals surface area contributed by atoms with E-state index in [1.807, 2.05) is 57.2 Å². The number of thiocarbonyl (C=S) groups is 1. The zero-order chi connectivity index (χ0) is 24.9. The Bertz CT molecular complexity index is 1330. The normalized spacial score (nSPS) is 22.5. The molecule has 180 valence electrons. The molecule has 0 saturated carbocycles. The molecule has 2 N–H and O–H groups in total. The van der Waals surface area contributed by atoms with Crippen LogP contribution in [-0.2, 0) is 4.79 Å². The zero-order valence-corrected chi connectivity index (χ0v) is 20.7. The van der Waals surface area contributed by atoms with E-state index in [1.54, 1.807) is 24.1 Å². The number of anilines is 2. The third-order valence-corrected chi connectivity index (χ3v) is 7.01. The van der Waals surface area contributed by atoms with Crippen LogP contribution in [0.15, 0.2) is 60.7 Å². The minimum atomic E-state index is -1.19. The maximum Gasteiger partial charge on any atom is 0.236 e. The van der Waals surface area contributed by atoms with Crippen molar-refractivity contribution in [3.05, 3.63) is 83.2 Å². The second-order valence-electron chi connectivity index (χ2n) is 9.08. The first-order valence-corrected chi connectivity index (χ1v) is 11.7. The third-order valence-electron chi connectivity index (χ3n) is 6.71. The van der Waals surface area contributed by atoms with Gasteiger partial charge in [0.05, 0.1) is 13.2 Å². The zero-order valence-electron chi connectivity index (χ0n) is 19.9. The summed E-state index contributed by atoms with van der Waals surface area (Å²) >= 11 is 5.74. The van der Waals surface area contributed by atoms with Crippen LogP contribution >= 0.6 is 12.2 Å². The first-order valence-electron chi connectivity index (χ1n) is 11.3. The van der Waals surface area contributed by atoms with Crippen molar-refractivity contribution in [2.24, 2.45) is 5.92 Å². The highest BCUT2D eigenvalue weighted by Gasteiger charge is 2.59. The first kappa shape index (κ1) is 23.1. The molecule has 0 spiro atoms. The van der Waals surface area contributed by atoms with E-state index in [1.165, 1.54) is 12.1 Å². The summed E-state index contributed by atoms with van der Waals surface area (Å²) in [5.74, 6) is -0.0208. The summed E-state index contributed by atoms with van der Waals surface area (Å²) in [5.41, 5.74) is 3.02. The maximum absolute atomic E-state index is 13.9. The van der Waals surface area contributed by atoms with E-state index >= 15 is 0 Å². The molecule has 2 bridgehead atoms. The van der Waals surface area contributed by atoms with Crippen molar-refractivity contribution < 1.29 is 18.7 Å². The average Bonchev–Trinajstić information content (AvgIpc) is 2.81. The molecule has 35 heavy (non-hydrogen) atoms. The van der Waals surface area contributed by atoms with Crippen molar-refractivity contribution in [1.29, 1.82) is 0 Å². The Hall–Kier alpha value is -3.65. The van der Waals surface area contributed by atoms with E-state index in [4.69, 9.17) is 21.7 Å². The number of nitrogens with zero attached hydrogens (tertiary/aromatic N) is 1. The minimum absolute atomic E-state index is 0.222. The fourth-order valence-electron chi connectivity index (χ4n) is 5.03. The summed E-state index contributed by atoms with van der Waals surface area (Å²) in [6.45, 7) is 5.81. The van der Waals surface area contributed by atoms with E-state index in [2.05, 4.69) is 10.6 Å². The lowest BCUT2D eigenvalue weighted by Gasteiger charge is -2.56. The SMILES string of the molecule is COc1ccc2c(c1)C1NC(=S)N(c3ccc(F)cc3)C(C)(O2)C1C(=O)Nc1ccc(C)cc1C. The van der Waals surface area contributed by atoms with Crippen LogP contribution in [0.5, 0.6) is 11.5 Å². The molecule has 8 heteroatoms. The molecule has 0 aliphatic carbocycles. The second kappa shape index (κ2) is 8.53. The van der Waals surface area contributed by atoms with Crippen LogP contribution in [0.25, 0.3) is 0 Å². The van der Waals surface area contributed by atoms with Crippen LogP contribution in [0.3, 0.4) is 0 Å². The van der Waals surface area contributed by atoms with Gasteiger partial charge in [-0.3, -0.25) is 9.69 Å². The minimum Gasteiger partial charge on any atom is -0.497 e. The van der Waals surface area contributed by atoms with E-state index in [0.29, 0.717) is 22.3 Å². The molecule has 3 aromatic carbocycles. The molecule has 2 aliphatic heterocycles. The Labute approximate surface area is 209 Å². The van der Waals surface area contributed by atoms with Gasteiger partial charge in [-0.2, -0.15) is 0 Å². The Balaban J connectivity index is 1.63. The van der Waals surface area contributed by atoms with Gasteiger partial charge < -0.3 is 20.1 Å². The molecular weight excluding hydrogens is 465 g/mol. The van der Waals surface area contributed by atoms with Crippen LogP contribution in [0, 0.1) is 25.6 Å². The molecule has 0 aromatic heterocycles. The lowest BCUT2D eigenvalue weighted by Crippen LogP contribution is -2.72. The first-order chi connectivity index (χ1) is 16.7. The van der Waals surface area contributed by atoms with Crippen molar-refractivity contribution in [2.75, 3.05) is 17.3 Å². The summed E-state index contributed by atoms with van der Waals surface area (Å²) in [6.07, 6.45) is 0. The van der Waals surface area contributed by atoms with Crippen molar-refractivity contribution in [3.63, 3.8) is 0 Å². The second-order valence-corrected chi connectivity index (χ2v) is 9.47. The topological polar surface area (TPSA) is 62.8 Å². The van der Waals surface area contributed by atoms with Gasteiger partial charge in [0.25, 0.3) is 0 Å². The molecule has 3 atom stereocenters. The fourth-order valence-corrected chi connectivity index (χ4v) is 5.45. The number of rotatable bonds is 4. The molecule has 1 saturated heterocycles. The van der Waals surface area contributed by atoms with E-state index in [9.17, 15) is 9.18 Å². The molecule has 2 aliphatic rings. The molecule has 5 rings (SSSR count). The highest BCUT2D eigenvalue weighted by atomic mass is 32.1. The Kier molecular flexibility index (Phi) is 5.63. The predicted molar refractivity (Wildman–Crippen MR) is 137 cm³/mol. The average molecular weight is 492 g/mol. The number of halogens is 1. The molecule has 1 fully saturated rings. The van der Waals surface area contributed by atoms with Crippen LogP contribution in [0.1, 0.15) is 29.7 Å². The molecule has 1 amide bonds. The van der Waals surface area contributed by atoms with Crippen LogP contribution in [0.2, 0.25) is 0 Å². The van der Waals surface area contributed by atoms with Gasteiger partial charge in [-0.1, -0.05) is 17.7 Å². The van der Waals surface area contributed by atoms with Gasteiger partial charge in [0.1, 0.15) is 23.2 Å². The monoisotopic (exact) mass is 491 g/mol. The third kappa shape index (κ3) is 3.87. The Morgan fingerprint density at radius 3 is 2.57 bits per heavy atom. The number of hydrogen-bond acceptors (Lipinski definition) is 4. The molecule has 6 nitrogen and oxygen atoms in total. The lowest BCUT2D eigenvalue weighted by atomic mass is 9.78. The molecule has 0 radical (unpaired) electrons. The summed E-state index contributed by atoms with van der Waals surface area (Å²) in [5, 5.41) is 6.83. The predicted octanol–water partition coefficient (Wildman–Crippen LogP) is 5.25. The van der Waals surface area contributed by atoms with Crippen LogP contribution < -0.4 is 25.0 Å². The van der Waals surface area contributed by atoms with Gasteiger partial charge in [0, 0.05) is 16.9 Å². The Morgan fingerprint density at radius 2 is 1.89 bits per heavy atom. The van der Waals surface area contributed by atoms with E-state index in [0.717, 1.165) is 22.4 Å². The molecular formula is C27H26FN3O3S. The van der Waals surface area contributed by atoms with Gasteiger partial charge >= 0.3 is 0 Å². The summed E-state index contributed by atoms with van der Waals surface area (Å²) in [4.78, 5) is 15.7.